The van der Waals surface area contributed by atoms with E-state index in [2.05, 4.69) is 6.92 Å². The Balaban J connectivity index is 1.10. The molecule has 4 aliphatic carbocycles. The highest BCUT2D eigenvalue weighted by Crippen LogP contribution is 2.72. The van der Waals surface area contributed by atoms with E-state index in [4.69, 9.17) is 28.4 Å². The molecule has 0 amide bonds. The zero-order valence-corrected chi connectivity index (χ0v) is 38.4. The van der Waals surface area contributed by atoms with E-state index in [-0.39, 0.29) is 18.3 Å². The van der Waals surface area contributed by atoms with Crippen LogP contribution in [0.5, 0.6) is 0 Å². The van der Waals surface area contributed by atoms with Crippen molar-refractivity contribution in [3.63, 3.8) is 0 Å². The maximum absolute atomic E-state index is 13.8. The molecular formula is C46H74O20. The van der Waals surface area contributed by atoms with Gasteiger partial charge in [-0.05, 0) is 94.3 Å². The van der Waals surface area contributed by atoms with Gasteiger partial charge in [0, 0.05) is 5.92 Å². The molecule has 13 N–H and O–H groups in total. The summed E-state index contributed by atoms with van der Waals surface area (Å²) in [5, 5.41) is 141. The molecule has 0 bridgehead atoms. The molecule has 7 aliphatic rings. The van der Waals surface area contributed by atoms with Crippen molar-refractivity contribution in [2.75, 3.05) is 26.4 Å². The number of carboxylic acid groups (broad SMARTS) is 1. The first kappa shape index (κ1) is 52.1. The minimum Gasteiger partial charge on any atom is -0.481 e. The van der Waals surface area contributed by atoms with Crippen molar-refractivity contribution < 1.29 is 99.6 Å². The molecule has 3 aliphatic heterocycles. The van der Waals surface area contributed by atoms with Crippen LogP contribution >= 0.6 is 0 Å². The molecule has 5 fully saturated rings. The maximum atomic E-state index is 13.8. The van der Waals surface area contributed by atoms with Gasteiger partial charge >= 0.3 is 5.97 Å². The highest BCUT2D eigenvalue weighted by molar-refractivity contribution is 5.82. The first-order valence-electron chi connectivity index (χ1n) is 23.5. The molecule has 66 heavy (non-hydrogen) atoms. The second kappa shape index (κ2) is 19.8. The van der Waals surface area contributed by atoms with E-state index >= 15 is 0 Å². The number of hydrogen-bond donors (Lipinski definition) is 13. The molecule has 3 heterocycles. The van der Waals surface area contributed by atoms with Crippen molar-refractivity contribution in [2.24, 2.45) is 34.0 Å². The van der Waals surface area contributed by atoms with E-state index in [1.54, 1.807) is 0 Å². The van der Waals surface area contributed by atoms with Gasteiger partial charge in [0.2, 0.25) is 0 Å². The lowest BCUT2D eigenvalue weighted by Gasteiger charge is -2.62. The Bertz CT molecular complexity index is 1780. The first-order valence-corrected chi connectivity index (χ1v) is 23.5. The van der Waals surface area contributed by atoms with Crippen LogP contribution in [0.4, 0.5) is 0 Å². The third kappa shape index (κ3) is 8.55. The Kier molecular flexibility index (Phi) is 15.6. The Labute approximate surface area is 384 Å². The third-order valence-electron chi connectivity index (χ3n) is 17.3. The van der Waals surface area contributed by atoms with Gasteiger partial charge in [-0.15, -0.1) is 0 Å². The number of hydrogen-bond acceptors (Lipinski definition) is 19. The molecule has 23 atom stereocenters. The topological polar surface area (TPSA) is 335 Å². The SMILES string of the molecule is CC(C)=CC[C@H](O)C(C)[C@H]1CC[C@@]2(C(=O)O)C3=C(CC[C@]12C)[C@@]1(C)CC[C@H](O[C@@H]2O[C@H](CO)[C@H](O)[C@H](O)[C@H]2O[C@@H]2OC[C@@H](O[C@@H]4O[C@H](CO)[C@H](O)[C@H](O)[C@H]4O)[C@@H](O)[C@@H]2O)[C@@](O)(CO)[C@@H]1CC3. The summed E-state index contributed by atoms with van der Waals surface area (Å²) in [7, 11) is 0. The second-order valence-corrected chi connectivity index (χ2v) is 20.9. The summed E-state index contributed by atoms with van der Waals surface area (Å²) in [6.45, 7) is 7.24. The number of rotatable bonds is 14. The van der Waals surface area contributed by atoms with Crippen molar-refractivity contribution in [2.45, 2.75) is 196 Å². The summed E-state index contributed by atoms with van der Waals surface area (Å²) in [4.78, 5) is 13.8. The van der Waals surface area contributed by atoms with Gasteiger partial charge in [-0.25, -0.2) is 0 Å². The molecule has 2 saturated carbocycles. The quantitative estimate of drug-likeness (QED) is 0.0866. The maximum Gasteiger partial charge on any atom is 0.314 e. The molecule has 0 aromatic carbocycles. The zero-order chi connectivity index (χ0) is 48.4. The minimum absolute atomic E-state index is 0.0517. The van der Waals surface area contributed by atoms with Crippen molar-refractivity contribution in [1.82, 2.24) is 0 Å². The van der Waals surface area contributed by atoms with Crippen molar-refractivity contribution in [1.29, 1.82) is 0 Å². The molecule has 1 unspecified atom stereocenters. The lowest BCUT2D eigenvalue weighted by Crippen LogP contribution is -2.67. The molecule has 20 heteroatoms. The van der Waals surface area contributed by atoms with Crippen LogP contribution in [0, 0.1) is 34.0 Å². The minimum atomic E-state index is -1.96. The zero-order valence-electron chi connectivity index (χ0n) is 38.4. The molecule has 3 saturated heterocycles. The van der Waals surface area contributed by atoms with Crippen LogP contribution in [0.1, 0.15) is 92.4 Å². The standard InChI is InChI=1S/C46H74O20/c1-20(2)6-8-25(50)21(3)22-11-15-45(42(58)59)24-7-9-29-43(4,23(24)10-14-44(22,45)5)13-12-30(46(29,60)19-49)65-41-38(35(55)32(52)27(17-48)63-41)66-39-36(56)33(53)28(18-61-39)64-40-37(57)34(54)31(51)26(16-47)62-40/h6,21-22,25-41,47-57,60H,7-19H2,1-5H3,(H,58,59)/t21?,22-,25+,26-,27-,28-,29-,30+,31+,32+,33-,34+,35+,36+,37-,38-,39+,40+,41+,43-,44-,45+,46-/m1/s1. The van der Waals surface area contributed by atoms with Gasteiger partial charge in [0.1, 0.15) is 72.7 Å². The van der Waals surface area contributed by atoms with E-state index < -0.39 is 158 Å². The van der Waals surface area contributed by atoms with E-state index in [1.807, 2.05) is 33.8 Å². The summed E-state index contributed by atoms with van der Waals surface area (Å²) < 4.78 is 35.0. The number of fused-ring (bicyclic) bond motifs is 4. The van der Waals surface area contributed by atoms with Crippen LogP contribution < -0.4 is 0 Å². The lowest BCUT2D eigenvalue weighted by molar-refractivity contribution is -0.381. The average Bonchev–Trinajstić information content (AvgIpc) is 3.62. The number of ether oxygens (including phenoxy) is 6. The normalized spacial score (nSPS) is 49.3. The van der Waals surface area contributed by atoms with Crippen LogP contribution in [0.15, 0.2) is 22.8 Å². The van der Waals surface area contributed by atoms with Crippen molar-refractivity contribution >= 4 is 5.97 Å². The lowest BCUT2D eigenvalue weighted by atomic mass is 9.44. The Hall–Kier alpha value is -1.77. The van der Waals surface area contributed by atoms with E-state index in [1.165, 1.54) is 0 Å². The predicted molar refractivity (Wildman–Crippen MR) is 226 cm³/mol. The average molecular weight is 947 g/mol. The molecule has 0 aromatic heterocycles. The highest BCUT2D eigenvalue weighted by Gasteiger charge is 2.70. The fourth-order valence-electron chi connectivity index (χ4n) is 13.4. The number of carbonyl (C=O) groups is 1. The fourth-order valence-corrected chi connectivity index (χ4v) is 13.4. The van der Waals surface area contributed by atoms with Gasteiger partial charge in [-0.2, -0.15) is 0 Å². The van der Waals surface area contributed by atoms with Crippen molar-refractivity contribution in [3.05, 3.63) is 22.8 Å². The van der Waals surface area contributed by atoms with Gasteiger partial charge in [-0.3, -0.25) is 4.79 Å². The molecule has 0 spiro atoms. The van der Waals surface area contributed by atoms with Crippen LogP contribution in [0.25, 0.3) is 0 Å². The second-order valence-electron chi connectivity index (χ2n) is 20.9. The largest absolute Gasteiger partial charge is 0.481 e. The Morgan fingerprint density at radius 1 is 0.758 bits per heavy atom. The van der Waals surface area contributed by atoms with Crippen molar-refractivity contribution in [3.8, 4) is 0 Å². The molecule has 7 rings (SSSR count). The summed E-state index contributed by atoms with van der Waals surface area (Å²) in [5.41, 5.74) is -1.62. The van der Waals surface area contributed by atoms with Gasteiger partial charge in [0.05, 0.1) is 44.1 Å². The third-order valence-corrected chi connectivity index (χ3v) is 17.3. The summed E-state index contributed by atoms with van der Waals surface area (Å²) >= 11 is 0. The van der Waals surface area contributed by atoms with Gasteiger partial charge < -0.3 is 94.8 Å². The molecule has 378 valence electrons. The van der Waals surface area contributed by atoms with Crippen LogP contribution in [-0.4, -0.2) is 203 Å². The smallest absolute Gasteiger partial charge is 0.314 e. The van der Waals surface area contributed by atoms with E-state index in [9.17, 15) is 71.2 Å². The monoisotopic (exact) mass is 946 g/mol. The first-order chi connectivity index (χ1) is 31.1. The molecular weight excluding hydrogens is 872 g/mol. The van der Waals surface area contributed by atoms with Gasteiger partial charge in [-0.1, -0.05) is 43.6 Å². The number of aliphatic hydroxyl groups is 12. The number of allylic oxidation sites excluding steroid dienone is 2. The molecule has 0 radical (unpaired) electrons. The summed E-state index contributed by atoms with van der Waals surface area (Å²) in [6.07, 6.45) is -19.5. The highest BCUT2D eigenvalue weighted by atomic mass is 16.8. The van der Waals surface area contributed by atoms with Crippen LogP contribution in [0.3, 0.4) is 0 Å². The van der Waals surface area contributed by atoms with Gasteiger partial charge in [0.15, 0.2) is 18.9 Å². The number of aliphatic carboxylic acids is 1. The fraction of sp³-hybridized carbons (Fsp3) is 0.891. The molecule has 0 aromatic rings. The summed E-state index contributed by atoms with van der Waals surface area (Å²) in [5.74, 6) is -1.74. The number of carboxylic acids is 1. The predicted octanol–water partition coefficient (Wildman–Crippen LogP) is -1.68. The van der Waals surface area contributed by atoms with E-state index in [0.717, 1.165) is 16.7 Å². The van der Waals surface area contributed by atoms with E-state index in [0.29, 0.717) is 51.4 Å². The van der Waals surface area contributed by atoms with Crippen LogP contribution in [0.2, 0.25) is 0 Å². The Morgan fingerprint density at radius 2 is 1.39 bits per heavy atom. The number of aliphatic hydroxyl groups excluding tert-OH is 11. The molecule has 20 nitrogen and oxygen atoms in total. The van der Waals surface area contributed by atoms with Crippen LogP contribution in [-0.2, 0) is 33.2 Å². The Morgan fingerprint density at radius 3 is 2.02 bits per heavy atom. The van der Waals surface area contributed by atoms with Gasteiger partial charge in [0.25, 0.3) is 0 Å². The summed E-state index contributed by atoms with van der Waals surface area (Å²) in [6, 6.07) is 0.